The molecule has 0 aliphatic heterocycles. The molecule has 0 amide bonds. The quantitative estimate of drug-likeness (QED) is 0.656. The fraction of sp³-hybridized carbons (Fsp3) is 0.200. The lowest BCUT2D eigenvalue weighted by Gasteiger charge is -2.03. The minimum absolute atomic E-state index is 0.0690. The van der Waals surface area contributed by atoms with E-state index in [1.54, 1.807) is 12.2 Å². The third kappa shape index (κ3) is 2.86. The number of benzene rings is 1. The molecular formula is C10H10F2O. The molecule has 13 heavy (non-hydrogen) atoms. The summed E-state index contributed by atoms with van der Waals surface area (Å²) in [6, 6.07) is 3.23. The van der Waals surface area contributed by atoms with Crippen LogP contribution in [0.15, 0.2) is 30.4 Å². The maximum atomic E-state index is 12.9. The second kappa shape index (κ2) is 4.60. The highest BCUT2D eigenvalue weighted by atomic mass is 19.1. The zero-order valence-electron chi connectivity index (χ0n) is 7.26. The summed E-state index contributed by atoms with van der Waals surface area (Å²) in [6.45, 7) is 2.13. The first-order valence-electron chi connectivity index (χ1n) is 3.93. The van der Waals surface area contributed by atoms with E-state index >= 15 is 0 Å². The fourth-order valence-electron chi connectivity index (χ4n) is 0.826. The molecule has 1 aromatic carbocycles. The molecule has 0 unspecified atom stereocenters. The SMILES string of the molecule is C/C=C/COc1ccc(F)cc1F. The van der Waals surface area contributed by atoms with Gasteiger partial charge in [0.05, 0.1) is 0 Å². The average Bonchev–Trinajstić information content (AvgIpc) is 2.09. The summed E-state index contributed by atoms with van der Waals surface area (Å²) in [5, 5.41) is 0. The van der Waals surface area contributed by atoms with Gasteiger partial charge in [0, 0.05) is 6.07 Å². The van der Waals surface area contributed by atoms with Crippen LogP contribution in [-0.2, 0) is 0 Å². The molecule has 0 aromatic heterocycles. The van der Waals surface area contributed by atoms with E-state index in [1.807, 2.05) is 6.92 Å². The van der Waals surface area contributed by atoms with Crippen molar-refractivity contribution in [1.29, 1.82) is 0 Å². The van der Waals surface area contributed by atoms with E-state index in [-0.39, 0.29) is 5.75 Å². The summed E-state index contributed by atoms with van der Waals surface area (Å²) >= 11 is 0. The molecule has 0 aliphatic rings. The highest BCUT2D eigenvalue weighted by molar-refractivity contribution is 5.24. The van der Waals surface area contributed by atoms with Crippen LogP contribution in [0.4, 0.5) is 8.78 Å². The molecule has 0 saturated heterocycles. The van der Waals surface area contributed by atoms with Crippen LogP contribution in [-0.4, -0.2) is 6.61 Å². The van der Waals surface area contributed by atoms with Gasteiger partial charge >= 0.3 is 0 Å². The lowest BCUT2D eigenvalue weighted by Crippen LogP contribution is -1.96. The largest absolute Gasteiger partial charge is 0.486 e. The molecule has 1 aromatic rings. The first kappa shape index (κ1) is 9.71. The highest BCUT2D eigenvalue weighted by Gasteiger charge is 2.02. The molecular weight excluding hydrogens is 174 g/mol. The van der Waals surface area contributed by atoms with Crippen molar-refractivity contribution in [2.75, 3.05) is 6.61 Å². The van der Waals surface area contributed by atoms with Crippen LogP contribution in [0.3, 0.4) is 0 Å². The average molecular weight is 184 g/mol. The maximum absolute atomic E-state index is 12.9. The molecule has 0 N–H and O–H groups in total. The molecule has 3 heteroatoms. The standard InChI is InChI=1S/C10H10F2O/c1-2-3-6-13-10-5-4-8(11)7-9(10)12/h2-5,7H,6H2,1H3/b3-2+. The number of ether oxygens (including phenoxy) is 1. The minimum Gasteiger partial charge on any atom is -0.486 e. The lowest BCUT2D eigenvalue weighted by molar-refractivity contribution is 0.340. The predicted molar refractivity (Wildman–Crippen MR) is 46.7 cm³/mol. The highest BCUT2D eigenvalue weighted by Crippen LogP contribution is 2.17. The molecule has 0 radical (unpaired) electrons. The van der Waals surface area contributed by atoms with Crippen molar-refractivity contribution in [3.63, 3.8) is 0 Å². The first-order chi connectivity index (χ1) is 6.24. The minimum atomic E-state index is -0.676. The van der Waals surface area contributed by atoms with Gasteiger partial charge < -0.3 is 4.74 Å². The monoisotopic (exact) mass is 184 g/mol. The van der Waals surface area contributed by atoms with Crippen LogP contribution in [0.2, 0.25) is 0 Å². The zero-order valence-corrected chi connectivity index (χ0v) is 7.26. The Kier molecular flexibility index (Phi) is 3.43. The summed E-state index contributed by atoms with van der Waals surface area (Å²) in [5.41, 5.74) is 0. The van der Waals surface area contributed by atoms with Crippen LogP contribution in [0.25, 0.3) is 0 Å². The second-order valence-electron chi connectivity index (χ2n) is 2.45. The van der Waals surface area contributed by atoms with E-state index in [2.05, 4.69) is 0 Å². The smallest absolute Gasteiger partial charge is 0.167 e. The number of hydrogen-bond donors (Lipinski definition) is 0. The zero-order chi connectivity index (χ0) is 9.68. The molecule has 1 rings (SSSR count). The summed E-state index contributed by atoms with van der Waals surface area (Å²) in [6.07, 6.45) is 3.53. The van der Waals surface area contributed by atoms with Gasteiger partial charge in [-0.05, 0) is 19.1 Å². The first-order valence-corrected chi connectivity index (χ1v) is 3.93. The molecule has 0 atom stereocenters. The Balaban J connectivity index is 2.66. The van der Waals surface area contributed by atoms with Crippen LogP contribution in [0.1, 0.15) is 6.92 Å². The van der Waals surface area contributed by atoms with Gasteiger partial charge in [-0.1, -0.05) is 12.2 Å². The number of hydrogen-bond acceptors (Lipinski definition) is 1. The van der Waals surface area contributed by atoms with Crippen LogP contribution >= 0.6 is 0 Å². The number of rotatable bonds is 3. The lowest BCUT2D eigenvalue weighted by atomic mass is 10.3. The van der Waals surface area contributed by atoms with Gasteiger partial charge in [0.25, 0.3) is 0 Å². The van der Waals surface area contributed by atoms with E-state index in [1.165, 1.54) is 6.07 Å². The van der Waals surface area contributed by atoms with Crippen molar-refractivity contribution in [1.82, 2.24) is 0 Å². The predicted octanol–water partition coefficient (Wildman–Crippen LogP) is 2.92. The number of allylic oxidation sites excluding steroid dienone is 1. The van der Waals surface area contributed by atoms with Crippen LogP contribution < -0.4 is 4.74 Å². The molecule has 0 saturated carbocycles. The molecule has 0 heterocycles. The molecule has 0 spiro atoms. The summed E-state index contributed by atoms with van der Waals surface area (Å²) in [7, 11) is 0. The van der Waals surface area contributed by atoms with Gasteiger partial charge in [0.1, 0.15) is 12.4 Å². The Hall–Kier alpha value is -1.38. The Morgan fingerprint density at radius 2 is 2.15 bits per heavy atom. The normalized spacial score (nSPS) is 10.7. The van der Waals surface area contributed by atoms with E-state index in [0.29, 0.717) is 6.61 Å². The molecule has 0 bridgehead atoms. The fourth-order valence-corrected chi connectivity index (χ4v) is 0.826. The van der Waals surface area contributed by atoms with Gasteiger partial charge in [-0.15, -0.1) is 0 Å². The van der Waals surface area contributed by atoms with Gasteiger partial charge in [-0.25, -0.2) is 8.78 Å². The maximum Gasteiger partial charge on any atom is 0.167 e. The van der Waals surface area contributed by atoms with Gasteiger partial charge in [-0.3, -0.25) is 0 Å². The molecule has 70 valence electrons. The van der Waals surface area contributed by atoms with Gasteiger partial charge in [0.15, 0.2) is 11.6 Å². The Morgan fingerprint density at radius 1 is 1.38 bits per heavy atom. The van der Waals surface area contributed by atoms with Crippen LogP contribution in [0, 0.1) is 11.6 Å². The van der Waals surface area contributed by atoms with Gasteiger partial charge in [0.2, 0.25) is 0 Å². The van der Waals surface area contributed by atoms with E-state index in [4.69, 9.17) is 4.74 Å². The molecule has 0 aliphatic carbocycles. The molecule has 0 fully saturated rings. The van der Waals surface area contributed by atoms with Crippen molar-refractivity contribution in [2.24, 2.45) is 0 Å². The van der Waals surface area contributed by atoms with Crippen LogP contribution in [0.5, 0.6) is 5.75 Å². The Morgan fingerprint density at radius 3 is 2.77 bits per heavy atom. The van der Waals surface area contributed by atoms with Gasteiger partial charge in [-0.2, -0.15) is 0 Å². The van der Waals surface area contributed by atoms with E-state index < -0.39 is 11.6 Å². The molecule has 1 nitrogen and oxygen atoms in total. The Labute approximate surface area is 75.6 Å². The second-order valence-corrected chi connectivity index (χ2v) is 2.45. The van der Waals surface area contributed by atoms with Crippen molar-refractivity contribution in [2.45, 2.75) is 6.92 Å². The van der Waals surface area contributed by atoms with Crippen molar-refractivity contribution in [3.8, 4) is 5.75 Å². The van der Waals surface area contributed by atoms with E-state index in [0.717, 1.165) is 12.1 Å². The van der Waals surface area contributed by atoms with Crippen molar-refractivity contribution in [3.05, 3.63) is 42.0 Å². The van der Waals surface area contributed by atoms with Crippen molar-refractivity contribution < 1.29 is 13.5 Å². The topological polar surface area (TPSA) is 9.23 Å². The van der Waals surface area contributed by atoms with Crippen molar-refractivity contribution >= 4 is 0 Å². The summed E-state index contributed by atoms with van der Waals surface area (Å²) < 4.78 is 30.3. The Bertz CT molecular complexity index is 308. The summed E-state index contributed by atoms with van der Waals surface area (Å²) in [5.74, 6) is -1.21. The van der Waals surface area contributed by atoms with E-state index in [9.17, 15) is 8.78 Å². The number of halogens is 2. The summed E-state index contributed by atoms with van der Waals surface area (Å²) in [4.78, 5) is 0. The third-order valence-corrected chi connectivity index (χ3v) is 1.46. The third-order valence-electron chi connectivity index (χ3n) is 1.46.